The number of carboxylic acid groups (broad SMARTS) is 2. The van der Waals surface area contributed by atoms with Crippen LogP contribution in [0.25, 0.3) is 0 Å². The lowest BCUT2D eigenvalue weighted by Gasteiger charge is -2.07. The van der Waals surface area contributed by atoms with Crippen molar-refractivity contribution in [2.24, 2.45) is 11.7 Å². The van der Waals surface area contributed by atoms with Gasteiger partial charge in [-0.2, -0.15) is 0 Å². The molecule has 0 aliphatic carbocycles. The second-order valence-corrected chi connectivity index (χ2v) is 8.20. The molecule has 28 heavy (non-hydrogen) atoms. The average Bonchev–Trinajstić information content (AvgIpc) is 2.64. The van der Waals surface area contributed by atoms with Gasteiger partial charge in [-0.15, -0.1) is 0 Å². The Morgan fingerprint density at radius 3 is 1.21 bits per heavy atom. The monoisotopic (exact) mass is 401 g/mol. The zero-order valence-corrected chi connectivity index (χ0v) is 18.8. The van der Waals surface area contributed by atoms with Crippen molar-refractivity contribution in [1.29, 1.82) is 0 Å². The molecule has 0 aromatic carbocycles. The van der Waals surface area contributed by atoms with Crippen molar-refractivity contribution in [3.63, 3.8) is 0 Å². The Labute approximate surface area is 173 Å². The zero-order valence-electron chi connectivity index (χ0n) is 18.8. The molecular formula is C23H47NO4. The topological polar surface area (TPSA) is 101 Å². The van der Waals surface area contributed by atoms with E-state index in [1.54, 1.807) is 13.8 Å². The fraction of sp³-hybridized carbons (Fsp3) is 0.913. The lowest BCUT2D eigenvalue weighted by atomic mass is 10.0. The molecule has 0 aliphatic rings. The summed E-state index contributed by atoms with van der Waals surface area (Å²) in [6, 6.07) is -0.713. The van der Waals surface area contributed by atoms with E-state index in [2.05, 4.69) is 6.92 Å². The number of carbonyl (C=O) groups is 2. The van der Waals surface area contributed by atoms with Crippen LogP contribution < -0.4 is 5.73 Å². The van der Waals surface area contributed by atoms with E-state index in [1.165, 1.54) is 83.5 Å². The van der Waals surface area contributed by atoms with E-state index in [9.17, 15) is 9.59 Å². The van der Waals surface area contributed by atoms with Crippen molar-refractivity contribution in [2.75, 3.05) is 0 Å². The molecular weight excluding hydrogens is 354 g/mol. The highest BCUT2D eigenvalue weighted by atomic mass is 16.4. The van der Waals surface area contributed by atoms with E-state index in [-0.39, 0.29) is 5.92 Å². The smallest absolute Gasteiger partial charge is 0.320 e. The van der Waals surface area contributed by atoms with Gasteiger partial charge in [-0.05, 0) is 12.3 Å². The highest BCUT2D eigenvalue weighted by Crippen LogP contribution is 2.13. The number of hydrogen-bond acceptors (Lipinski definition) is 3. The summed E-state index contributed by atoms with van der Waals surface area (Å²) in [5, 5.41) is 16.7. The lowest BCUT2D eigenvalue weighted by Crippen LogP contribution is -2.34. The van der Waals surface area contributed by atoms with Gasteiger partial charge in [-0.3, -0.25) is 9.59 Å². The van der Waals surface area contributed by atoms with Crippen LogP contribution in [-0.2, 0) is 9.59 Å². The maximum atomic E-state index is 10.3. The molecule has 0 amide bonds. The second-order valence-electron chi connectivity index (χ2n) is 8.20. The van der Waals surface area contributed by atoms with Crippen molar-refractivity contribution in [2.45, 2.75) is 130 Å². The third kappa shape index (κ3) is 24.9. The molecule has 0 fully saturated rings. The van der Waals surface area contributed by atoms with E-state index >= 15 is 0 Å². The number of unbranched alkanes of at least 4 members (excludes halogenated alkanes) is 14. The van der Waals surface area contributed by atoms with Gasteiger partial charge >= 0.3 is 11.9 Å². The molecule has 0 radical (unpaired) electrons. The van der Waals surface area contributed by atoms with Gasteiger partial charge in [0.1, 0.15) is 6.04 Å². The Bertz CT molecular complexity index is 359. The van der Waals surface area contributed by atoms with Crippen LogP contribution in [-0.4, -0.2) is 28.2 Å². The van der Waals surface area contributed by atoms with E-state index < -0.39 is 18.0 Å². The number of nitrogens with two attached hydrogens (primary N) is 1. The first kappa shape index (κ1) is 29.1. The average molecular weight is 402 g/mol. The number of rotatable bonds is 18. The quantitative estimate of drug-likeness (QED) is 0.231. The minimum Gasteiger partial charge on any atom is -0.481 e. The summed E-state index contributed by atoms with van der Waals surface area (Å²) < 4.78 is 0. The Hall–Kier alpha value is -1.10. The highest BCUT2D eigenvalue weighted by molar-refractivity contribution is 5.73. The molecule has 168 valence electrons. The van der Waals surface area contributed by atoms with Gasteiger partial charge in [0.2, 0.25) is 0 Å². The van der Waals surface area contributed by atoms with Gasteiger partial charge in [0.05, 0.1) is 0 Å². The molecule has 0 aromatic rings. The maximum absolute atomic E-state index is 10.3. The molecule has 0 saturated heterocycles. The predicted molar refractivity (Wildman–Crippen MR) is 118 cm³/mol. The van der Waals surface area contributed by atoms with Crippen LogP contribution in [0.3, 0.4) is 0 Å². The number of aliphatic carboxylic acids is 2. The van der Waals surface area contributed by atoms with Gasteiger partial charge in [-0.25, -0.2) is 0 Å². The minimum absolute atomic E-state index is 0.0208. The van der Waals surface area contributed by atoms with Crippen LogP contribution in [0, 0.1) is 5.92 Å². The highest BCUT2D eigenvalue weighted by Gasteiger charge is 2.14. The summed E-state index contributed by atoms with van der Waals surface area (Å²) in [5.74, 6) is -1.56. The predicted octanol–water partition coefficient (Wildman–Crippen LogP) is 6.39. The third-order valence-electron chi connectivity index (χ3n) is 5.00. The summed E-state index contributed by atoms with van der Waals surface area (Å²) in [6.45, 7) is 5.82. The van der Waals surface area contributed by atoms with E-state index in [0.717, 1.165) is 12.8 Å². The van der Waals surface area contributed by atoms with E-state index in [4.69, 9.17) is 15.9 Å². The Kier molecular flexibility index (Phi) is 23.1. The largest absolute Gasteiger partial charge is 0.481 e. The molecule has 0 spiro atoms. The zero-order chi connectivity index (χ0) is 21.6. The molecule has 0 bridgehead atoms. The standard InChI is InChI=1S/C18H36O2.C5H11NO2/c1-2-3-4-5-6-7-8-9-10-11-12-13-14-15-16-17-18(19)20;1-3(2)4(6)5(7)8/h2-17H2,1H3,(H,19,20);3-4H,6H2,1-2H3,(H,7,8)/t;4-/m.0/s1. The third-order valence-corrected chi connectivity index (χ3v) is 5.00. The SMILES string of the molecule is CC(C)[C@H](N)C(=O)O.CCCCCCCCCCCCCCCCCC(=O)O. The summed E-state index contributed by atoms with van der Waals surface area (Å²) in [5.41, 5.74) is 5.16. The lowest BCUT2D eigenvalue weighted by molar-refractivity contribution is -0.139. The molecule has 5 heteroatoms. The fourth-order valence-corrected chi connectivity index (χ4v) is 2.93. The van der Waals surface area contributed by atoms with Crippen molar-refractivity contribution < 1.29 is 19.8 Å². The normalized spacial score (nSPS) is 11.8. The summed E-state index contributed by atoms with van der Waals surface area (Å²) in [4.78, 5) is 20.3. The van der Waals surface area contributed by atoms with Crippen LogP contribution in [0.4, 0.5) is 0 Å². The first-order valence-electron chi connectivity index (χ1n) is 11.5. The van der Waals surface area contributed by atoms with E-state index in [1.807, 2.05) is 0 Å². The fourth-order valence-electron chi connectivity index (χ4n) is 2.93. The van der Waals surface area contributed by atoms with Crippen molar-refractivity contribution in [3.05, 3.63) is 0 Å². The Morgan fingerprint density at radius 2 is 1.00 bits per heavy atom. The minimum atomic E-state index is -0.931. The summed E-state index contributed by atoms with van der Waals surface area (Å²) in [6.07, 6.45) is 20.2. The van der Waals surface area contributed by atoms with Crippen LogP contribution in [0.5, 0.6) is 0 Å². The number of carboxylic acids is 2. The first-order valence-corrected chi connectivity index (χ1v) is 11.5. The summed E-state index contributed by atoms with van der Waals surface area (Å²) in [7, 11) is 0. The van der Waals surface area contributed by atoms with Gasteiger partial charge in [0, 0.05) is 6.42 Å². The van der Waals surface area contributed by atoms with Gasteiger partial charge < -0.3 is 15.9 Å². The molecule has 4 N–H and O–H groups in total. The molecule has 0 unspecified atom stereocenters. The van der Waals surface area contributed by atoms with Crippen molar-refractivity contribution in [3.8, 4) is 0 Å². The van der Waals surface area contributed by atoms with E-state index in [0.29, 0.717) is 6.42 Å². The molecule has 5 nitrogen and oxygen atoms in total. The maximum Gasteiger partial charge on any atom is 0.320 e. The van der Waals surface area contributed by atoms with Crippen LogP contribution >= 0.6 is 0 Å². The second kappa shape index (κ2) is 22.2. The van der Waals surface area contributed by atoms with Crippen LogP contribution in [0.15, 0.2) is 0 Å². The van der Waals surface area contributed by atoms with Gasteiger partial charge in [-0.1, -0.05) is 111 Å². The van der Waals surface area contributed by atoms with Crippen LogP contribution in [0.2, 0.25) is 0 Å². The first-order chi connectivity index (χ1) is 13.3. The molecule has 0 rings (SSSR count). The number of hydrogen-bond donors (Lipinski definition) is 3. The Morgan fingerprint density at radius 1 is 0.679 bits per heavy atom. The van der Waals surface area contributed by atoms with Crippen LogP contribution in [0.1, 0.15) is 124 Å². The van der Waals surface area contributed by atoms with Crippen molar-refractivity contribution >= 4 is 11.9 Å². The summed E-state index contributed by atoms with van der Waals surface area (Å²) >= 11 is 0. The Balaban J connectivity index is 0. The molecule has 0 saturated carbocycles. The van der Waals surface area contributed by atoms with Gasteiger partial charge in [0.15, 0.2) is 0 Å². The molecule has 1 atom stereocenters. The van der Waals surface area contributed by atoms with Gasteiger partial charge in [0.25, 0.3) is 0 Å². The van der Waals surface area contributed by atoms with Crippen molar-refractivity contribution in [1.82, 2.24) is 0 Å². The molecule has 0 aliphatic heterocycles. The molecule has 0 aromatic heterocycles. The molecule has 0 heterocycles.